The average Bonchev–Trinajstić information content (AvgIpc) is 3.00. The number of fused-ring (bicyclic) bond motifs is 1. The van der Waals surface area contributed by atoms with Crippen molar-refractivity contribution >= 4 is 34.0 Å². The van der Waals surface area contributed by atoms with E-state index in [-0.39, 0.29) is 17.2 Å². The number of hydrogen-bond donors (Lipinski definition) is 2. The first-order valence-electron chi connectivity index (χ1n) is 8.27. The molecular formula is C19H18N6OS. The summed E-state index contributed by atoms with van der Waals surface area (Å²) in [7, 11) is 0. The number of nitrogen functional groups attached to an aromatic ring is 1. The van der Waals surface area contributed by atoms with Crippen LogP contribution >= 0.6 is 11.8 Å². The molecule has 0 aliphatic heterocycles. The molecule has 3 rings (SSSR count). The first kappa shape index (κ1) is 18.6. The minimum Gasteiger partial charge on any atom is -0.336 e. The number of thioether (sulfide) groups is 1. The number of carbonyl (C=O) groups excluding carboxylic acids is 1. The molecule has 0 saturated heterocycles. The van der Waals surface area contributed by atoms with E-state index in [0.717, 1.165) is 28.1 Å². The van der Waals surface area contributed by atoms with Crippen molar-refractivity contribution in [3.8, 4) is 6.07 Å². The lowest BCUT2D eigenvalue weighted by Gasteiger charge is -2.07. The van der Waals surface area contributed by atoms with E-state index in [2.05, 4.69) is 28.4 Å². The van der Waals surface area contributed by atoms with E-state index in [4.69, 9.17) is 16.5 Å². The fourth-order valence-corrected chi connectivity index (χ4v) is 3.55. The van der Waals surface area contributed by atoms with Gasteiger partial charge in [0.25, 0.3) is 0 Å². The molecule has 0 amide bonds. The average molecular weight is 378 g/mol. The number of nitrogens with zero attached hydrogens (tertiary/aromatic N) is 4. The number of rotatable bonds is 7. The van der Waals surface area contributed by atoms with Crippen molar-refractivity contribution in [3.05, 3.63) is 53.9 Å². The summed E-state index contributed by atoms with van der Waals surface area (Å²) in [5.74, 6) is 5.33. The summed E-state index contributed by atoms with van der Waals surface area (Å²) in [5.41, 5.74) is 1.12. The summed E-state index contributed by atoms with van der Waals surface area (Å²) in [5, 5.41) is 27.4. The van der Waals surface area contributed by atoms with Crippen LogP contribution in [0.3, 0.4) is 0 Å². The maximum atomic E-state index is 12.1. The summed E-state index contributed by atoms with van der Waals surface area (Å²) in [6, 6.07) is 16.0. The normalized spacial score (nSPS) is 11.9. The Bertz CT molecular complexity index is 1050. The first-order valence-corrected chi connectivity index (χ1v) is 9.26. The van der Waals surface area contributed by atoms with E-state index in [1.807, 2.05) is 30.3 Å². The highest BCUT2D eigenvalue weighted by molar-refractivity contribution is 7.99. The van der Waals surface area contributed by atoms with Gasteiger partial charge in [0.1, 0.15) is 5.92 Å². The molecule has 0 spiro atoms. The molecule has 1 heterocycles. The van der Waals surface area contributed by atoms with Crippen LogP contribution in [-0.2, 0) is 11.2 Å². The zero-order valence-electron chi connectivity index (χ0n) is 14.7. The third kappa shape index (κ3) is 3.99. The quantitative estimate of drug-likeness (QED) is 0.370. The van der Waals surface area contributed by atoms with Gasteiger partial charge in [0, 0.05) is 12.1 Å². The number of carbonyl (C=O) groups is 1. The largest absolute Gasteiger partial charge is 0.336 e. The van der Waals surface area contributed by atoms with Crippen LogP contribution in [-0.4, -0.2) is 32.1 Å². The lowest BCUT2D eigenvalue weighted by atomic mass is 10.0. The van der Waals surface area contributed by atoms with Gasteiger partial charge in [-0.15, -0.1) is 10.2 Å². The summed E-state index contributed by atoms with van der Waals surface area (Å²) < 4.78 is 1.37. The minimum absolute atomic E-state index is 0.0120. The number of hydrogen-bond acceptors (Lipinski definition) is 7. The zero-order valence-corrected chi connectivity index (χ0v) is 15.5. The Morgan fingerprint density at radius 1 is 1.30 bits per heavy atom. The van der Waals surface area contributed by atoms with Gasteiger partial charge >= 0.3 is 0 Å². The minimum atomic E-state index is -1.03. The smallest absolute Gasteiger partial charge is 0.210 e. The zero-order chi connectivity index (χ0) is 19.4. The Kier molecular flexibility index (Phi) is 5.52. The molecule has 0 aliphatic carbocycles. The number of nitrogens with two attached hydrogens (primary N) is 1. The Balaban J connectivity index is 1.75. The molecule has 3 N–H and O–H groups in total. The first-order chi connectivity index (χ1) is 13.0. The highest BCUT2D eigenvalue weighted by Gasteiger charge is 2.21. The van der Waals surface area contributed by atoms with E-state index < -0.39 is 5.92 Å². The van der Waals surface area contributed by atoms with Gasteiger partial charge in [-0.1, -0.05) is 54.2 Å². The SMILES string of the molecule is CC(=N)C(C#N)C(=O)CSc1nnc(Cc2cccc3ccccc23)n1N. The Labute approximate surface area is 160 Å². The molecule has 0 saturated carbocycles. The fourth-order valence-electron chi connectivity index (χ4n) is 2.77. The highest BCUT2D eigenvalue weighted by Crippen LogP contribution is 2.22. The Hall–Kier alpha value is -3.18. The summed E-state index contributed by atoms with van der Waals surface area (Å²) in [6.45, 7) is 1.45. The fraction of sp³-hybridized carbons (Fsp3) is 0.211. The van der Waals surface area contributed by atoms with Gasteiger partial charge in [0.2, 0.25) is 5.16 Å². The van der Waals surface area contributed by atoms with Gasteiger partial charge in [-0.2, -0.15) is 5.26 Å². The third-order valence-corrected chi connectivity index (χ3v) is 5.16. The van der Waals surface area contributed by atoms with E-state index >= 15 is 0 Å². The van der Waals surface area contributed by atoms with Crippen LogP contribution in [0.4, 0.5) is 0 Å². The van der Waals surface area contributed by atoms with Crippen LogP contribution in [0.2, 0.25) is 0 Å². The predicted octanol–water partition coefficient (Wildman–Crippen LogP) is 2.58. The van der Waals surface area contributed by atoms with Crippen molar-refractivity contribution in [3.63, 3.8) is 0 Å². The lowest BCUT2D eigenvalue weighted by molar-refractivity contribution is -0.117. The summed E-state index contributed by atoms with van der Waals surface area (Å²) in [6.07, 6.45) is 0.514. The molecule has 8 heteroatoms. The maximum Gasteiger partial charge on any atom is 0.210 e. The molecule has 1 atom stereocenters. The van der Waals surface area contributed by atoms with Crippen molar-refractivity contribution in [2.24, 2.45) is 5.92 Å². The van der Waals surface area contributed by atoms with Crippen molar-refractivity contribution in [1.29, 1.82) is 10.7 Å². The van der Waals surface area contributed by atoms with E-state index in [1.54, 1.807) is 0 Å². The number of ketones is 1. The number of benzene rings is 2. The van der Waals surface area contributed by atoms with Crippen molar-refractivity contribution < 1.29 is 4.79 Å². The molecule has 7 nitrogen and oxygen atoms in total. The molecule has 2 aromatic carbocycles. The molecule has 3 aromatic rings. The second-order valence-corrected chi connectivity index (χ2v) is 7.03. The van der Waals surface area contributed by atoms with Crippen LogP contribution in [0.15, 0.2) is 47.6 Å². The van der Waals surface area contributed by atoms with Crippen LogP contribution in [0.5, 0.6) is 0 Å². The molecule has 1 aromatic heterocycles. The number of Topliss-reactive ketones (excluding diaryl/α,β-unsaturated/α-hetero) is 1. The van der Waals surface area contributed by atoms with Gasteiger partial charge in [-0.25, -0.2) is 4.68 Å². The maximum absolute atomic E-state index is 12.1. The second kappa shape index (κ2) is 8.01. The molecule has 27 heavy (non-hydrogen) atoms. The van der Waals surface area contributed by atoms with Crippen molar-refractivity contribution in [2.75, 3.05) is 11.6 Å². The number of nitriles is 1. The molecular weight excluding hydrogens is 360 g/mol. The predicted molar refractivity (Wildman–Crippen MR) is 105 cm³/mol. The van der Waals surface area contributed by atoms with Gasteiger partial charge in [-0.05, 0) is 23.3 Å². The molecule has 0 radical (unpaired) electrons. The van der Waals surface area contributed by atoms with Crippen molar-refractivity contribution in [1.82, 2.24) is 14.9 Å². The monoisotopic (exact) mass is 378 g/mol. The lowest BCUT2D eigenvalue weighted by Crippen LogP contribution is -2.22. The molecule has 0 bridgehead atoms. The second-order valence-electron chi connectivity index (χ2n) is 6.08. The van der Waals surface area contributed by atoms with Gasteiger partial charge in [0.05, 0.1) is 11.8 Å². The van der Waals surface area contributed by atoms with Crippen LogP contribution in [0.25, 0.3) is 10.8 Å². The van der Waals surface area contributed by atoms with Gasteiger partial charge < -0.3 is 11.3 Å². The Morgan fingerprint density at radius 3 is 2.78 bits per heavy atom. The van der Waals surface area contributed by atoms with E-state index in [9.17, 15) is 4.79 Å². The summed E-state index contributed by atoms with van der Waals surface area (Å²) >= 11 is 1.12. The van der Waals surface area contributed by atoms with Gasteiger partial charge in [-0.3, -0.25) is 4.79 Å². The van der Waals surface area contributed by atoms with E-state index in [0.29, 0.717) is 17.4 Å². The molecule has 136 valence electrons. The Morgan fingerprint density at radius 2 is 2.04 bits per heavy atom. The van der Waals surface area contributed by atoms with Crippen LogP contribution in [0.1, 0.15) is 18.3 Å². The topological polar surface area (TPSA) is 121 Å². The van der Waals surface area contributed by atoms with Crippen molar-refractivity contribution in [2.45, 2.75) is 18.5 Å². The summed E-state index contributed by atoms with van der Waals surface area (Å²) in [4.78, 5) is 12.1. The van der Waals surface area contributed by atoms with Gasteiger partial charge in [0.15, 0.2) is 11.6 Å². The number of nitrogens with one attached hydrogen (secondary N) is 1. The molecule has 1 unspecified atom stereocenters. The standard InChI is InChI=1S/C19H18N6OS/c1-12(21)16(10-20)17(26)11-27-19-24-23-18(25(19)22)9-14-7-4-6-13-5-2-3-8-15(13)14/h2-8,16,21H,9,11,22H2,1H3. The van der Waals surface area contributed by atoms with Crippen LogP contribution in [0, 0.1) is 22.7 Å². The molecule has 0 aliphatic rings. The third-order valence-electron chi connectivity index (χ3n) is 4.19. The highest BCUT2D eigenvalue weighted by atomic mass is 32.2. The molecule has 0 fully saturated rings. The number of aromatic nitrogens is 3. The van der Waals surface area contributed by atoms with E-state index in [1.165, 1.54) is 11.6 Å². The van der Waals surface area contributed by atoms with Crippen LogP contribution < -0.4 is 5.84 Å².